The number of nitrogens with zero attached hydrogens (tertiary/aromatic N) is 1. The van der Waals surface area contributed by atoms with Crippen molar-refractivity contribution in [3.05, 3.63) is 0 Å². The predicted molar refractivity (Wildman–Crippen MR) is 71.4 cm³/mol. The SMILES string of the molecule is CC1(C)C(O)CCCN1C(=O)NC1CCCCC1. The molecule has 0 aromatic rings. The third-order valence-corrected chi connectivity index (χ3v) is 4.55. The lowest BCUT2D eigenvalue weighted by molar-refractivity contribution is -0.0212. The third kappa shape index (κ3) is 2.79. The van der Waals surface area contributed by atoms with Crippen LogP contribution in [-0.4, -0.2) is 40.3 Å². The summed E-state index contributed by atoms with van der Waals surface area (Å²) in [5, 5.41) is 13.2. The fraction of sp³-hybridized carbons (Fsp3) is 0.929. The minimum atomic E-state index is -0.447. The molecule has 104 valence electrons. The Labute approximate surface area is 110 Å². The number of carbonyl (C=O) groups is 1. The fourth-order valence-corrected chi connectivity index (χ4v) is 3.13. The Balaban J connectivity index is 1.94. The molecule has 0 aromatic heterocycles. The van der Waals surface area contributed by atoms with Crippen molar-refractivity contribution in [2.75, 3.05) is 6.54 Å². The predicted octanol–water partition coefficient (Wildman–Crippen LogP) is 2.26. The second-order valence-electron chi connectivity index (χ2n) is 6.25. The van der Waals surface area contributed by atoms with Crippen LogP contribution in [0.1, 0.15) is 58.8 Å². The molecule has 0 spiro atoms. The molecule has 2 aliphatic rings. The number of likely N-dealkylation sites (tertiary alicyclic amines) is 1. The van der Waals surface area contributed by atoms with Crippen molar-refractivity contribution in [2.24, 2.45) is 0 Å². The van der Waals surface area contributed by atoms with Crippen LogP contribution in [0, 0.1) is 0 Å². The van der Waals surface area contributed by atoms with Crippen LogP contribution in [0.15, 0.2) is 0 Å². The first kappa shape index (κ1) is 13.7. The van der Waals surface area contributed by atoms with Crippen LogP contribution in [-0.2, 0) is 0 Å². The van der Waals surface area contributed by atoms with Crippen molar-refractivity contribution in [1.82, 2.24) is 10.2 Å². The fourth-order valence-electron chi connectivity index (χ4n) is 3.13. The first-order valence-electron chi connectivity index (χ1n) is 7.28. The summed E-state index contributed by atoms with van der Waals surface area (Å²) in [6, 6.07) is 0.340. The molecule has 1 heterocycles. The van der Waals surface area contributed by atoms with Crippen LogP contribution in [0.5, 0.6) is 0 Å². The Hall–Kier alpha value is -0.770. The van der Waals surface area contributed by atoms with Crippen molar-refractivity contribution < 1.29 is 9.90 Å². The van der Waals surface area contributed by atoms with Gasteiger partial charge in [0, 0.05) is 12.6 Å². The van der Waals surface area contributed by atoms with E-state index in [0.717, 1.165) is 32.2 Å². The summed E-state index contributed by atoms with van der Waals surface area (Å²) in [6.07, 6.45) is 7.20. The maximum absolute atomic E-state index is 12.3. The third-order valence-electron chi connectivity index (χ3n) is 4.55. The number of hydrogen-bond acceptors (Lipinski definition) is 2. The average molecular weight is 254 g/mol. The molecular formula is C14H26N2O2. The lowest BCUT2D eigenvalue weighted by Gasteiger charge is -2.46. The molecular weight excluding hydrogens is 228 g/mol. The Bertz CT molecular complexity index is 298. The number of rotatable bonds is 1. The molecule has 4 heteroatoms. The van der Waals surface area contributed by atoms with E-state index in [9.17, 15) is 9.90 Å². The summed E-state index contributed by atoms with van der Waals surface area (Å²) >= 11 is 0. The standard InChI is InChI=1S/C14H26N2O2/c1-14(2)12(17)9-6-10-16(14)13(18)15-11-7-4-3-5-8-11/h11-12,17H,3-10H2,1-2H3,(H,15,18). The van der Waals surface area contributed by atoms with Gasteiger partial charge in [-0.3, -0.25) is 0 Å². The van der Waals surface area contributed by atoms with Gasteiger partial charge in [-0.05, 0) is 39.5 Å². The highest BCUT2D eigenvalue weighted by atomic mass is 16.3. The maximum atomic E-state index is 12.3. The van der Waals surface area contributed by atoms with Gasteiger partial charge in [-0.15, -0.1) is 0 Å². The maximum Gasteiger partial charge on any atom is 0.318 e. The van der Waals surface area contributed by atoms with Gasteiger partial charge in [0.15, 0.2) is 0 Å². The van der Waals surface area contributed by atoms with E-state index in [1.165, 1.54) is 19.3 Å². The number of carbonyl (C=O) groups excluding carboxylic acids is 1. The molecule has 1 aliphatic carbocycles. The summed E-state index contributed by atoms with van der Waals surface area (Å²) < 4.78 is 0. The van der Waals surface area contributed by atoms with E-state index in [4.69, 9.17) is 0 Å². The van der Waals surface area contributed by atoms with Crippen LogP contribution in [0.3, 0.4) is 0 Å². The molecule has 2 rings (SSSR count). The lowest BCUT2D eigenvalue weighted by Crippen LogP contribution is -2.61. The topological polar surface area (TPSA) is 52.6 Å². The first-order chi connectivity index (χ1) is 8.51. The van der Waals surface area contributed by atoms with Crippen LogP contribution < -0.4 is 5.32 Å². The summed E-state index contributed by atoms with van der Waals surface area (Å²) in [4.78, 5) is 14.1. The molecule has 1 aliphatic heterocycles. The van der Waals surface area contributed by atoms with Crippen molar-refractivity contribution in [3.8, 4) is 0 Å². The zero-order valence-electron chi connectivity index (χ0n) is 11.6. The number of aliphatic hydroxyl groups excluding tert-OH is 1. The molecule has 1 saturated carbocycles. The highest BCUT2D eigenvalue weighted by Crippen LogP contribution is 2.28. The van der Waals surface area contributed by atoms with Gasteiger partial charge < -0.3 is 15.3 Å². The van der Waals surface area contributed by atoms with E-state index in [0.29, 0.717) is 6.04 Å². The van der Waals surface area contributed by atoms with Gasteiger partial charge in [0.25, 0.3) is 0 Å². The summed E-state index contributed by atoms with van der Waals surface area (Å²) in [5.74, 6) is 0. The van der Waals surface area contributed by atoms with Gasteiger partial charge >= 0.3 is 6.03 Å². The molecule has 0 bridgehead atoms. The summed E-state index contributed by atoms with van der Waals surface area (Å²) in [7, 11) is 0. The van der Waals surface area contributed by atoms with Crippen molar-refractivity contribution >= 4 is 6.03 Å². The highest BCUT2D eigenvalue weighted by molar-refractivity contribution is 5.75. The van der Waals surface area contributed by atoms with Gasteiger partial charge in [0.1, 0.15) is 0 Å². The van der Waals surface area contributed by atoms with Gasteiger partial charge in [-0.25, -0.2) is 4.79 Å². The van der Waals surface area contributed by atoms with Gasteiger partial charge in [0.05, 0.1) is 11.6 Å². The smallest absolute Gasteiger partial charge is 0.318 e. The second kappa shape index (κ2) is 5.47. The quantitative estimate of drug-likeness (QED) is 0.754. The number of aliphatic hydroxyl groups is 1. The minimum absolute atomic E-state index is 0.00523. The number of hydrogen-bond donors (Lipinski definition) is 2. The Kier molecular flexibility index (Phi) is 4.15. The normalized spacial score (nSPS) is 29.1. The van der Waals surface area contributed by atoms with Crippen molar-refractivity contribution in [2.45, 2.75) is 76.5 Å². The molecule has 1 atom stereocenters. The minimum Gasteiger partial charge on any atom is -0.391 e. The van der Waals surface area contributed by atoms with Crippen molar-refractivity contribution in [1.29, 1.82) is 0 Å². The molecule has 18 heavy (non-hydrogen) atoms. The molecule has 2 N–H and O–H groups in total. The molecule has 2 amide bonds. The van der Waals surface area contributed by atoms with Gasteiger partial charge in [-0.2, -0.15) is 0 Å². The lowest BCUT2D eigenvalue weighted by atomic mass is 9.87. The first-order valence-corrected chi connectivity index (χ1v) is 7.28. The molecule has 1 unspecified atom stereocenters. The molecule has 1 saturated heterocycles. The summed E-state index contributed by atoms with van der Waals surface area (Å²) in [5.41, 5.74) is -0.447. The van der Waals surface area contributed by atoms with E-state index in [1.54, 1.807) is 0 Å². The van der Waals surface area contributed by atoms with E-state index < -0.39 is 11.6 Å². The zero-order chi connectivity index (χ0) is 13.2. The monoisotopic (exact) mass is 254 g/mol. The van der Waals surface area contributed by atoms with Gasteiger partial charge in [-0.1, -0.05) is 19.3 Å². The number of amides is 2. The molecule has 4 nitrogen and oxygen atoms in total. The van der Waals surface area contributed by atoms with Crippen molar-refractivity contribution in [3.63, 3.8) is 0 Å². The largest absolute Gasteiger partial charge is 0.391 e. The van der Waals surface area contributed by atoms with E-state index in [2.05, 4.69) is 5.32 Å². The molecule has 2 fully saturated rings. The van der Waals surface area contributed by atoms with Crippen LogP contribution in [0.25, 0.3) is 0 Å². The highest BCUT2D eigenvalue weighted by Gasteiger charge is 2.40. The van der Waals surface area contributed by atoms with Crippen LogP contribution in [0.4, 0.5) is 4.79 Å². The van der Waals surface area contributed by atoms with E-state index in [-0.39, 0.29) is 6.03 Å². The Morgan fingerprint density at radius 2 is 1.83 bits per heavy atom. The average Bonchev–Trinajstić information content (AvgIpc) is 2.33. The molecule has 0 radical (unpaired) electrons. The molecule has 0 aromatic carbocycles. The van der Waals surface area contributed by atoms with Crippen LogP contribution >= 0.6 is 0 Å². The number of urea groups is 1. The second-order valence-corrected chi connectivity index (χ2v) is 6.25. The number of piperidine rings is 1. The zero-order valence-corrected chi connectivity index (χ0v) is 11.6. The van der Waals surface area contributed by atoms with Gasteiger partial charge in [0.2, 0.25) is 0 Å². The van der Waals surface area contributed by atoms with Crippen LogP contribution in [0.2, 0.25) is 0 Å². The Morgan fingerprint density at radius 3 is 2.50 bits per heavy atom. The number of nitrogens with one attached hydrogen (secondary N) is 1. The van der Waals surface area contributed by atoms with E-state index in [1.807, 2.05) is 18.7 Å². The Morgan fingerprint density at radius 1 is 1.17 bits per heavy atom. The van der Waals surface area contributed by atoms with E-state index >= 15 is 0 Å². The summed E-state index contributed by atoms with van der Waals surface area (Å²) in [6.45, 7) is 4.66.